The first-order valence-corrected chi connectivity index (χ1v) is 14.6. The average Bonchev–Trinajstić information content (AvgIpc) is 3.49. The lowest BCUT2D eigenvalue weighted by molar-refractivity contribution is 0.0235. The van der Waals surface area contributed by atoms with Crippen LogP contribution >= 0.6 is 0 Å². The molecule has 0 bridgehead atoms. The van der Waals surface area contributed by atoms with Crippen LogP contribution in [0.4, 0.5) is 25.4 Å². The van der Waals surface area contributed by atoms with Gasteiger partial charge >= 0.3 is 12.2 Å². The molecular formula is C33H35FN6O5. The summed E-state index contributed by atoms with van der Waals surface area (Å²) in [5.74, 6) is 0.321. The highest BCUT2D eigenvalue weighted by molar-refractivity contribution is 5.84. The van der Waals surface area contributed by atoms with Crippen LogP contribution in [-0.2, 0) is 16.1 Å². The fraction of sp³-hybridized carbons (Fsp3) is 0.303. The summed E-state index contributed by atoms with van der Waals surface area (Å²) in [4.78, 5) is 39.6. The molecule has 4 aromatic rings. The van der Waals surface area contributed by atoms with E-state index in [1.54, 1.807) is 35.4 Å². The monoisotopic (exact) mass is 614 g/mol. The summed E-state index contributed by atoms with van der Waals surface area (Å²) in [5.41, 5.74) is 1.65. The predicted molar refractivity (Wildman–Crippen MR) is 166 cm³/mol. The van der Waals surface area contributed by atoms with Gasteiger partial charge in [0.15, 0.2) is 5.82 Å². The lowest BCUT2D eigenvalue weighted by atomic mass is 10.2. The van der Waals surface area contributed by atoms with Crippen LogP contribution in [0.15, 0.2) is 79.3 Å². The molecule has 1 atom stereocenters. The summed E-state index contributed by atoms with van der Waals surface area (Å²) >= 11 is 0. The summed E-state index contributed by atoms with van der Waals surface area (Å²) in [7, 11) is 0. The second-order valence-corrected chi connectivity index (χ2v) is 11.5. The highest BCUT2D eigenvalue weighted by atomic mass is 19.1. The quantitative estimate of drug-likeness (QED) is 0.204. The number of halogens is 1. The van der Waals surface area contributed by atoms with Crippen molar-refractivity contribution in [2.45, 2.75) is 51.9 Å². The third-order valence-electron chi connectivity index (χ3n) is 6.78. The third-order valence-corrected chi connectivity index (χ3v) is 6.78. The Morgan fingerprint density at radius 3 is 2.56 bits per heavy atom. The lowest BCUT2D eigenvalue weighted by Gasteiger charge is -2.29. The second kappa shape index (κ2) is 14.0. The molecule has 5 rings (SSSR count). The van der Waals surface area contributed by atoms with Gasteiger partial charge in [-0.15, -0.1) is 0 Å². The Morgan fingerprint density at radius 1 is 1.04 bits per heavy atom. The van der Waals surface area contributed by atoms with Crippen LogP contribution in [0.5, 0.6) is 11.6 Å². The predicted octanol–water partition coefficient (Wildman–Crippen LogP) is 7.03. The van der Waals surface area contributed by atoms with Crippen molar-refractivity contribution in [3.63, 3.8) is 0 Å². The molecule has 0 radical (unpaired) electrons. The zero-order chi connectivity index (χ0) is 31.8. The molecule has 1 unspecified atom stereocenters. The standard InChI is InChI=1S/C33H35FN6O5/c1-33(2,3)45-32(42)40-15-7-10-26(40)19-36-28-20-37-29(23-16-24(34)18-35-17-23)39-30(28)44-27-13-11-25(12-14-27)38-31(41)43-21-22-8-5-4-6-9-22/h4-6,8-9,11-14,16-18,20,26,36H,7,10,15,19,21H2,1-3H3,(H,38,41). The highest BCUT2D eigenvalue weighted by Gasteiger charge is 2.32. The smallest absolute Gasteiger partial charge is 0.411 e. The van der Waals surface area contributed by atoms with Crippen LogP contribution in [0.3, 0.4) is 0 Å². The number of aromatic nitrogens is 3. The van der Waals surface area contributed by atoms with E-state index in [4.69, 9.17) is 14.2 Å². The number of nitrogens with one attached hydrogen (secondary N) is 2. The number of benzene rings is 2. The molecule has 0 aliphatic carbocycles. The van der Waals surface area contributed by atoms with Gasteiger partial charge in [-0.05, 0) is 69.5 Å². The number of carbonyl (C=O) groups excluding carboxylic acids is 2. The summed E-state index contributed by atoms with van der Waals surface area (Å²) in [5, 5.41) is 6.01. The van der Waals surface area contributed by atoms with Gasteiger partial charge in [0, 0.05) is 30.5 Å². The number of anilines is 2. The van der Waals surface area contributed by atoms with Crippen LogP contribution in [-0.4, -0.2) is 56.8 Å². The molecule has 12 heteroatoms. The van der Waals surface area contributed by atoms with Crippen LogP contribution in [0.2, 0.25) is 0 Å². The minimum atomic E-state index is -0.596. The number of hydrogen-bond donors (Lipinski definition) is 2. The van der Waals surface area contributed by atoms with Gasteiger partial charge in [-0.25, -0.2) is 19.0 Å². The first-order valence-electron chi connectivity index (χ1n) is 14.6. The number of rotatable bonds is 9. The molecule has 2 amide bonds. The number of amides is 2. The van der Waals surface area contributed by atoms with Crippen molar-refractivity contribution in [1.29, 1.82) is 0 Å². The summed E-state index contributed by atoms with van der Waals surface area (Å²) in [6.45, 7) is 6.68. The minimum absolute atomic E-state index is 0.105. The van der Waals surface area contributed by atoms with E-state index in [0.29, 0.717) is 35.8 Å². The van der Waals surface area contributed by atoms with E-state index in [9.17, 15) is 14.0 Å². The van der Waals surface area contributed by atoms with Gasteiger partial charge in [0.05, 0.1) is 18.4 Å². The number of ether oxygens (including phenoxy) is 3. The number of hydrogen-bond acceptors (Lipinski definition) is 9. The maximum atomic E-state index is 13.9. The maximum absolute atomic E-state index is 13.9. The molecule has 3 heterocycles. The molecule has 0 saturated carbocycles. The molecule has 11 nitrogen and oxygen atoms in total. The Morgan fingerprint density at radius 2 is 1.82 bits per heavy atom. The van der Waals surface area contributed by atoms with Gasteiger partial charge in [-0.1, -0.05) is 30.3 Å². The Bertz CT molecular complexity index is 1610. The number of pyridine rings is 1. The van der Waals surface area contributed by atoms with E-state index in [-0.39, 0.29) is 30.4 Å². The van der Waals surface area contributed by atoms with Gasteiger partial charge in [0.1, 0.15) is 29.5 Å². The largest absolute Gasteiger partial charge is 0.444 e. The van der Waals surface area contributed by atoms with E-state index in [1.165, 1.54) is 12.3 Å². The summed E-state index contributed by atoms with van der Waals surface area (Å²) < 4.78 is 30.9. The van der Waals surface area contributed by atoms with E-state index in [0.717, 1.165) is 24.6 Å². The zero-order valence-corrected chi connectivity index (χ0v) is 25.3. The summed E-state index contributed by atoms with van der Waals surface area (Å²) in [6, 6.07) is 17.2. The van der Waals surface area contributed by atoms with Crippen molar-refractivity contribution in [1.82, 2.24) is 19.9 Å². The Hall–Kier alpha value is -5.26. The van der Waals surface area contributed by atoms with E-state index in [1.807, 2.05) is 51.1 Å². The van der Waals surface area contributed by atoms with E-state index < -0.39 is 17.5 Å². The maximum Gasteiger partial charge on any atom is 0.411 e. The molecular weight excluding hydrogens is 579 g/mol. The fourth-order valence-electron chi connectivity index (χ4n) is 4.67. The molecule has 2 aromatic carbocycles. The molecule has 1 fully saturated rings. The average molecular weight is 615 g/mol. The van der Waals surface area contributed by atoms with E-state index >= 15 is 0 Å². The van der Waals surface area contributed by atoms with Crippen LogP contribution < -0.4 is 15.4 Å². The molecule has 2 N–H and O–H groups in total. The van der Waals surface area contributed by atoms with Gasteiger partial charge in [-0.2, -0.15) is 4.98 Å². The first-order chi connectivity index (χ1) is 21.6. The summed E-state index contributed by atoms with van der Waals surface area (Å²) in [6.07, 6.45) is 4.83. The SMILES string of the molecule is CC(C)(C)OC(=O)N1CCCC1CNc1cnc(-c2cncc(F)c2)nc1Oc1ccc(NC(=O)OCc2ccccc2)cc1. The number of likely N-dealkylation sites (tertiary alicyclic amines) is 1. The van der Waals surface area contributed by atoms with Gasteiger partial charge in [0.25, 0.3) is 0 Å². The van der Waals surface area contributed by atoms with Crippen molar-refractivity contribution >= 4 is 23.6 Å². The topological polar surface area (TPSA) is 128 Å². The van der Waals surface area contributed by atoms with Gasteiger partial charge in [0.2, 0.25) is 5.88 Å². The molecule has 1 aliphatic rings. The molecule has 0 spiro atoms. The van der Waals surface area contributed by atoms with Crippen molar-refractivity contribution in [3.05, 3.63) is 90.6 Å². The third kappa shape index (κ3) is 8.88. The molecule has 234 valence electrons. The Balaban J connectivity index is 1.29. The lowest BCUT2D eigenvalue weighted by Crippen LogP contribution is -2.42. The highest BCUT2D eigenvalue weighted by Crippen LogP contribution is 2.31. The molecule has 1 saturated heterocycles. The normalized spacial score (nSPS) is 14.5. The number of nitrogens with zero attached hydrogens (tertiary/aromatic N) is 4. The first kappa shape index (κ1) is 31.2. The van der Waals surface area contributed by atoms with Crippen LogP contribution in [0.25, 0.3) is 11.4 Å². The molecule has 1 aliphatic heterocycles. The van der Waals surface area contributed by atoms with Crippen molar-refractivity contribution in [3.8, 4) is 23.0 Å². The van der Waals surface area contributed by atoms with Crippen LogP contribution in [0.1, 0.15) is 39.2 Å². The van der Waals surface area contributed by atoms with Crippen molar-refractivity contribution < 1.29 is 28.2 Å². The Kier molecular flexibility index (Phi) is 9.71. The Labute approximate surface area is 260 Å². The van der Waals surface area contributed by atoms with Crippen molar-refractivity contribution in [2.24, 2.45) is 0 Å². The second-order valence-electron chi connectivity index (χ2n) is 11.5. The minimum Gasteiger partial charge on any atom is -0.444 e. The fourth-order valence-corrected chi connectivity index (χ4v) is 4.67. The molecule has 2 aromatic heterocycles. The zero-order valence-electron chi connectivity index (χ0n) is 25.3. The van der Waals surface area contributed by atoms with Crippen LogP contribution in [0, 0.1) is 5.82 Å². The van der Waals surface area contributed by atoms with Gasteiger partial charge < -0.3 is 24.4 Å². The number of carbonyl (C=O) groups is 2. The van der Waals surface area contributed by atoms with Gasteiger partial charge in [-0.3, -0.25) is 10.3 Å². The molecule has 45 heavy (non-hydrogen) atoms. The van der Waals surface area contributed by atoms with E-state index in [2.05, 4.69) is 25.6 Å². The van der Waals surface area contributed by atoms with Crippen molar-refractivity contribution in [2.75, 3.05) is 23.7 Å².